The molecule has 1 heterocycles. The summed E-state index contributed by atoms with van der Waals surface area (Å²) in [7, 11) is 3.60. The topological polar surface area (TPSA) is 45.2 Å². The number of hydrogen-bond donors (Lipinski definition) is 1. The Bertz CT molecular complexity index is 415. The Labute approximate surface area is 120 Å². The summed E-state index contributed by atoms with van der Waals surface area (Å²) >= 11 is 1.64. The van der Waals surface area contributed by atoms with Crippen LogP contribution < -0.4 is 5.32 Å². The second kappa shape index (κ2) is 7.01. The van der Waals surface area contributed by atoms with Crippen molar-refractivity contribution < 1.29 is 4.79 Å². The number of hydrogen-bond acceptors (Lipinski definition) is 4. The largest absolute Gasteiger partial charge is 0.347 e. The maximum atomic E-state index is 12.2. The molecule has 2 atom stereocenters. The minimum absolute atomic E-state index is 0.0950. The molecule has 0 aliphatic carbocycles. The summed E-state index contributed by atoms with van der Waals surface area (Å²) in [5, 5.41) is 6.53. The van der Waals surface area contributed by atoms with Crippen molar-refractivity contribution in [2.24, 2.45) is 5.92 Å². The number of likely N-dealkylation sites (N-methyl/N-ethyl adjacent to an activating group) is 1. The van der Waals surface area contributed by atoms with E-state index in [0.717, 1.165) is 17.1 Å². The molecule has 0 spiro atoms. The fourth-order valence-corrected chi connectivity index (χ4v) is 2.70. The molecule has 4 nitrogen and oxygen atoms in total. The first-order chi connectivity index (χ1) is 8.81. The average Bonchev–Trinajstić information content (AvgIpc) is 2.73. The molecule has 2 unspecified atom stereocenters. The molecule has 0 saturated heterocycles. The molecule has 1 aromatic heterocycles. The van der Waals surface area contributed by atoms with E-state index in [9.17, 15) is 4.79 Å². The third-order valence-corrected chi connectivity index (χ3v) is 3.77. The smallest absolute Gasteiger partial charge is 0.239 e. The van der Waals surface area contributed by atoms with E-state index in [0.29, 0.717) is 5.92 Å². The highest BCUT2D eigenvalue weighted by Crippen LogP contribution is 2.18. The maximum absolute atomic E-state index is 12.2. The SMILES string of the molecule is Cc1nc(C(C)NC(CC(C)C)C(=O)N(C)C)cs1. The Morgan fingerprint density at radius 2 is 2.05 bits per heavy atom. The summed E-state index contributed by atoms with van der Waals surface area (Å²) in [5.74, 6) is 0.610. The van der Waals surface area contributed by atoms with Gasteiger partial charge in [-0.2, -0.15) is 0 Å². The highest BCUT2D eigenvalue weighted by Gasteiger charge is 2.24. The third kappa shape index (κ3) is 4.91. The normalized spacial score (nSPS) is 14.5. The Hall–Kier alpha value is -0.940. The van der Waals surface area contributed by atoms with Gasteiger partial charge < -0.3 is 4.90 Å². The van der Waals surface area contributed by atoms with Gasteiger partial charge in [0.15, 0.2) is 0 Å². The number of aromatic nitrogens is 1. The van der Waals surface area contributed by atoms with E-state index in [2.05, 4.69) is 36.5 Å². The predicted octanol–water partition coefficient (Wildman–Crippen LogP) is 2.61. The zero-order chi connectivity index (χ0) is 14.6. The molecule has 1 rings (SSSR count). The second-order valence-corrected chi connectivity index (χ2v) is 6.66. The molecule has 108 valence electrons. The van der Waals surface area contributed by atoms with Crippen LogP contribution in [-0.2, 0) is 4.79 Å². The molecule has 0 radical (unpaired) electrons. The van der Waals surface area contributed by atoms with Gasteiger partial charge in [-0.05, 0) is 26.2 Å². The van der Waals surface area contributed by atoms with Crippen molar-refractivity contribution in [3.8, 4) is 0 Å². The molecule has 1 N–H and O–H groups in total. The minimum Gasteiger partial charge on any atom is -0.347 e. The monoisotopic (exact) mass is 283 g/mol. The van der Waals surface area contributed by atoms with Gasteiger partial charge in [0.25, 0.3) is 0 Å². The lowest BCUT2D eigenvalue weighted by molar-refractivity contribution is -0.131. The van der Waals surface area contributed by atoms with Crippen LogP contribution in [0.2, 0.25) is 0 Å². The van der Waals surface area contributed by atoms with Crippen LogP contribution in [-0.4, -0.2) is 35.9 Å². The van der Waals surface area contributed by atoms with Crippen LogP contribution in [0.4, 0.5) is 0 Å². The van der Waals surface area contributed by atoms with Crippen molar-refractivity contribution in [1.82, 2.24) is 15.2 Å². The van der Waals surface area contributed by atoms with Gasteiger partial charge in [0.2, 0.25) is 5.91 Å². The lowest BCUT2D eigenvalue weighted by atomic mass is 10.0. The molecule has 1 aromatic rings. The molecule has 0 aromatic carbocycles. The van der Waals surface area contributed by atoms with Crippen LogP contribution in [0.1, 0.15) is 43.9 Å². The van der Waals surface area contributed by atoms with E-state index < -0.39 is 0 Å². The van der Waals surface area contributed by atoms with Gasteiger partial charge in [0.05, 0.1) is 16.7 Å². The number of nitrogens with one attached hydrogen (secondary N) is 1. The number of amides is 1. The highest BCUT2D eigenvalue weighted by molar-refractivity contribution is 7.09. The number of aryl methyl sites for hydroxylation is 1. The van der Waals surface area contributed by atoms with Crippen molar-refractivity contribution in [1.29, 1.82) is 0 Å². The Morgan fingerprint density at radius 3 is 2.47 bits per heavy atom. The molecule has 0 saturated carbocycles. The summed E-state index contributed by atoms with van der Waals surface area (Å²) in [6.07, 6.45) is 0.838. The number of carbonyl (C=O) groups is 1. The molecule has 0 aliphatic heterocycles. The average molecular weight is 283 g/mol. The number of thiazole rings is 1. The Balaban J connectivity index is 2.73. The van der Waals surface area contributed by atoms with Gasteiger partial charge in [-0.3, -0.25) is 10.1 Å². The van der Waals surface area contributed by atoms with Crippen LogP contribution in [0.3, 0.4) is 0 Å². The quantitative estimate of drug-likeness (QED) is 0.873. The predicted molar refractivity (Wildman–Crippen MR) is 80.3 cm³/mol. The molecule has 19 heavy (non-hydrogen) atoms. The van der Waals surface area contributed by atoms with Crippen LogP contribution in [0, 0.1) is 12.8 Å². The standard InChI is InChI=1S/C14H25N3OS/c1-9(2)7-12(14(18)17(5)6)15-10(3)13-8-19-11(4)16-13/h8-10,12,15H,7H2,1-6H3. The zero-order valence-electron chi connectivity index (χ0n) is 12.7. The fraction of sp³-hybridized carbons (Fsp3) is 0.714. The Kier molecular flexibility index (Phi) is 5.94. The first-order valence-electron chi connectivity index (χ1n) is 6.70. The summed E-state index contributed by atoms with van der Waals surface area (Å²) in [4.78, 5) is 18.3. The maximum Gasteiger partial charge on any atom is 0.239 e. The molecular weight excluding hydrogens is 258 g/mol. The van der Waals surface area contributed by atoms with Gasteiger partial charge in [0, 0.05) is 25.5 Å². The van der Waals surface area contributed by atoms with Crippen molar-refractivity contribution in [2.75, 3.05) is 14.1 Å². The van der Waals surface area contributed by atoms with Gasteiger partial charge >= 0.3 is 0 Å². The fourth-order valence-electron chi connectivity index (χ4n) is 1.99. The van der Waals surface area contributed by atoms with Crippen molar-refractivity contribution >= 4 is 17.2 Å². The molecular formula is C14H25N3OS. The van der Waals surface area contributed by atoms with E-state index in [4.69, 9.17) is 0 Å². The first-order valence-corrected chi connectivity index (χ1v) is 7.58. The zero-order valence-corrected chi connectivity index (χ0v) is 13.5. The van der Waals surface area contributed by atoms with E-state index in [1.54, 1.807) is 30.3 Å². The molecule has 0 aliphatic rings. The summed E-state index contributed by atoms with van der Waals surface area (Å²) in [6.45, 7) is 8.33. The molecule has 0 bridgehead atoms. The Morgan fingerprint density at radius 1 is 1.42 bits per heavy atom. The van der Waals surface area contributed by atoms with Gasteiger partial charge in [-0.25, -0.2) is 4.98 Å². The summed E-state index contributed by atoms with van der Waals surface area (Å²) in [5.41, 5.74) is 1.02. The second-order valence-electron chi connectivity index (χ2n) is 5.59. The van der Waals surface area contributed by atoms with Crippen molar-refractivity contribution in [3.05, 3.63) is 16.1 Å². The molecule has 5 heteroatoms. The lowest BCUT2D eigenvalue weighted by Gasteiger charge is -2.25. The minimum atomic E-state index is -0.146. The van der Waals surface area contributed by atoms with E-state index in [1.165, 1.54) is 0 Å². The number of rotatable bonds is 6. The summed E-state index contributed by atoms with van der Waals surface area (Å²) in [6, 6.07) is -0.0513. The van der Waals surface area contributed by atoms with Crippen LogP contribution in [0.15, 0.2) is 5.38 Å². The third-order valence-electron chi connectivity index (χ3n) is 2.98. The van der Waals surface area contributed by atoms with Gasteiger partial charge in [-0.1, -0.05) is 13.8 Å². The van der Waals surface area contributed by atoms with Crippen molar-refractivity contribution in [2.45, 2.75) is 46.2 Å². The lowest BCUT2D eigenvalue weighted by Crippen LogP contribution is -2.45. The van der Waals surface area contributed by atoms with Crippen molar-refractivity contribution in [3.63, 3.8) is 0 Å². The van der Waals surface area contributed by atoms with E-state index >= 15 is 0 Å². The van der Waals surface area contributed by atoms with Crippen LogP contribution >= 0.6 is 11.3 Å². The van der Waals surface area contributed by atoms with Crippen LogP contribution in [0.25, 0.3) is 0 Å². The van der Waals surface area contributed by atoms with E-state index in [-0.39, 0.29) is 18.0 Å². The number of carbonyl (C=O) groups excluding carboxylic acids is 1. The summed E-state index contributed by atoms with van der Waals surface area (Å²) < 4.78 is 0. The van der Waals surface area contributed by atoms with E-state index in [1.807, 2.05) is 6.92 Å². The molecule has 1 amide bonds. The van der Waals surface area contributed by atoms with Gasteiger partial charge in [0.1, 0.15) is 0 Å². The number of nitrogens with zero attached hydrogens (tertiary/aromatic N) is 2. The van der Waals surface area contributed by atoms with Crippen LogP contribution in [0.5, 0.6) is 0 Å². The highest BCUT2D eigenvalue weighted by atomic mass is 32.1. The first kappa shape index (κ1) is 16.1. The van der Waals surface area contributed by atoms with Gasteiger partial charge in [-0.15, -0.1) is 11.3 Å². The molecule has 0 fully saturated rings.